The summed E-state index contributed by atoms with van der Waals surface area (Å²) >= 11 is 0. The van der Waals surface area contributed by atoms with Gasteiger partial charge in [-0.05, 0) is 31.4 Å². The summed E-state index contributed by atoms with van der Waals surface area (Å²) in [6.45, 7) is 8.08. The summed E-state index contributed by atoms with van der Waals surface area (Å²) in [4.78, 5) is 49.6. The average Bonchev–Trinajstić information content (AvgIpc) is 3.52. The minimum absolute atomic E-state index is 0.0121. The van der Waals surface area contributed by atoms with E-state index >= 15 is 0 Å². The Labute approximate surface area is 195 Å². The molecule has 3 unspecified atom stereocenters. The molecule has 9 nitrogen and oxygen atoms in total. The molecular formula is C24H35N5O4. The van der Waals surface area contributed by atoms with Gasteiger partial charge in [0.1, 0.15) is 6.04 Å². The Bertz CT molecular complexity index is 837. The summed E-state index contributed by atoms with van der Waals surface area (Å²) in [6.07, 6.45) is 5.53. The van der Waals surface area contributed by atoms with E-state index in [9.17, 15) is 14.4 Å². The zero-order valence-electron chi connectivity index (χ0n) is 19.6. The van der Waals surface area contributed by atoms with Crippen molar-refractivity contribution in [2.45, 2.75) is 51.3 Å². The summed E-state index contributed by atoms with van der Waals surface area (Å²) in [5.41, 5.74) is 0.456. The highest BCUT2D eigenvalue weighted by molar-refractivity contribution is 5.98. The third-order valence-electron chi connectivity index (χ3n) is 6.80. The molecule has 0 bridgehead atoms. The van der Waals surface area contributed by atoms with Crippen molar-refractivity contribution in [2.24, 2.45) is 5.92 Å². The van der Waals surface area contributed by atoms with Crippen molar-refractivity contribution in [2.75, 3.05) is 45.9 Å². The molecule has 9 heteroatoms. The number of pyridine rings is 1. The largest absolute Gasteiger partial charge is 0.376 e. The molecule has 0 radical (unpaired) electrons. The van der Waals surface area contributed by atoms with E-state index in [1.165, 1.54) is 6.20 Å². The van der Waals surface area contributed by atoms with Gasteiger partial charge in [-0.3, -0.25) is 19.4 Å². The maximum Gasteiger partial charge on any atom is 0.256 e. The van der Waals surface area contributed by atoms with E-state index in [4.69, 9.17) is 4.74 Å². The van der Waals surface area contributed by atoms with Gasteiger partial charge in [0.25, 0.3) is 5.91 Å². The summed E-state index contributed by atoms with van der Waals surface area (Å²) in [5, 5.41) is 3.27. The molecule has 1 N–H and O–H groups in total. The molecule has 0 saturated carbocycles. The molecule has 3 aliphatic heterocycles. The zero-order chi connectivity index (χ0) is 23.4. The fourth-order valence-electron chi connectivity index (χ4n) is 5.01. The van der Waals surface area contributed by atoms with Crippen LogP contribution in [0.1, 0.15) is 43.5 Å². The number of hydrogen-bond donors (Lipinski definition) is 1. The van der Waals surface area contributed by atoms with Crippen LogP contribution < -0.4 is 5.32 Å². The van der Waals surface area contributed by atoms with E-state index in [1.807, 2.05) is 23.6 Å². The number of amides is 3. The van der Waals surface area contributed by atoms with Gasteiger partial charge in [-0.25, -0.2) is 0 Å². The van der Waals surface area contributed by atoms with E-state index in [0.717, 1.165) is 32.5 Å². The molecule has 1 aromatic heterocycles. The number of rotatable bonds is 6. The van der Waals surface area contributed by atoms with Gasteiger partial charge in [0.05, 0.1) is 17.7 Å². The number of carbonyl (C=O) groups excluding carboxylic acids is 3. The lowest BCUT2D eigenvalue weighted by Gasteiger charge is -2.32. The first-order valence-corrected chi connectivity index (χ1v) is 12.1. The molecule has 4 heterocycles. The van der Waals surface area contributed by atoms with Gasteiger partial charge in [0, 0.05) is 64.2 Å². The van der Waals surface area contributed by atoms with Gasteiger partial charge >= 0.3 is 0 Å². The van der Waals surface area contributed by atoms with Crippen molar-refractivity contribution in [1.82, 2.24) is 25.0 Å². The number of ether oxygens (including phenoxy) is 1. The van der Waals surface area contributed by atoms with E-state index in [0.29, 0.717) is 38.2 Å². The minimum atomic E-state index is -0.590. The number of aromatic nitrogens is 1. The van der Waals surface area contributed by atoms with Crippen LogP contribution in [0.2, 0.25) is 0 Å². The summed E-state index contributed by atoms with van der Waals surface area (Å²) in [6, 6.07) is 2.63. The average molecular weight is 458 g/mol. The first kappa shape index (κ1) is 23.6. The Morgan fingerprint density at radius 3 is 2.70 bits per heavy atom. The SMILES string of the molecule is CC(C)C(=O)N(CC1CCCO1)C1CC(C(=O)N2CCNCC2)N(C(=O)c2cccnc2)C1. The van der Waals surface area contributed by atoms with Crippen LogP contribution in [0, 0.1) is 5.92 Å². The van der Waals surface area contributed by atoms with Crippen LogP contribution in [0.5, 0.6) is 0 Å². The van der Waals surface area contributed by atoms with Crippen molar-refractivity contribution in [3.63, 3.8) is 0 Å². The van der Waals surface area contributed by atoms with Crippen LogP contribution in [-0.4, -0.2) is 101 Å². The first-order valence-electron chi connectivity index (χ1n) is 12.1. The van der Waals surface area contributed by atoms with Crippen LogP contribution in [0.4, 0.5) is 0 Å². The standard InChI is InChI=1S/C24H35N5O4/c1-17(2)22(30)28(16-20-6-4-12-33-20)19-13-21(24(32)27-10-8-25-9-11-27)29(15-19)23(31)18-5-3-7-26-14-18/h3,5,7,14,17,19-21,25H,4,6,8-13,15-16H2,1-2H3. The van der Waals surface area contributed by atoms with Crippen LogP contribution in [-0.2, 0) is 14.3 Å². The number of nitrogens with zero attached hydrogens (tertiary/aromatic N) is 4. The van der Waals surface area contributed by atoms with Crippen LogP contribution in [0.25, 0.3) is 0 Å². The maximum absolute atomic E-state index is 13.5. The van der Waals surface area contributed by atoms with Gasteiger partial charge in [-0.2, -0.15) is 0 Å². The molecule has 3 aliphatic rings. The molecule has 3 atom stereocenters. The fourth-order valence-corrected chi connectivity index (χ4v) is 5.01. The highest BCUT2D eigenvalue weighted by Crippen LogP contribution is 2.28. The van der Waals surface area contributed by atoms with Crippen LogP contribution in [0.15, 0.2) is 24.5 Å². The van der Waals surface area contributed by atoms with Gasteiger partial charge in [0.15, 0.2) is 0 Å². The van der Waals surface area contributed by atoms with Gasteiger partial charge in [-0.1, -0.05) is 13.8 Å². The number of carbonyl (C=O) groups is 3. The smallest absolute Gasteiger partial charge is 0.256 e. The second-order valence-electron chi connectivity index (χ2n) is 9.46. The predicted octanol–water partition coefficient (Wildman–Crippen LogP) is 0.760. The Balaban J connectivity index is 1.59. The lowest BCUT2D eigenvalue weighted by Crippen LogP contribution is -2.53. The molecule has 3 fully saturated rings. The third-order valence-corrected chi connectivity index (χ3v) is 6.80. The topological polar surface area (TPSA) is 95.1 Å². The van der Waals surface area contributed by atoms with E-state index < -0.39 is 6.04 Å². The van der Waals surface area contributed by atoms with Gasteiger partial charge in [0.2, 0.25) is 11.8 Å². The molecule has 3 saturated heterocycles. The third kappa shape index (κ3) is 5.35. The molecule has 0 aromatic carbocycles. The monoisotopic (exact) mass is 457 g/mol. The van der Waals surface area contributed by atoms with E-state index in [1.54, 1.807) is 23.2 Å². The van der Waals surface area contributed by atoms with Crippen LogP contribution >= 0.6 is 0 Å². The number of nitrogens with one attached hydrogen (secondary N) is 1. The van der Waals surface area contributed by atoms with Crippen molar-refractivity contribution in [1.29, 1.82) is 0 Å². The number of hydrogen-bond acceptors (Lipinski definition) is 6. The molecule has 4 rings (SSSR count). The Morgan fingerprint density at radius 2 is 2.06 bits per heavy atom. The van der Waals surface area contributed by atoms with E-state index in [-0.39, 0.29) is 35.8 Å². The minimum Gasteiger partial charge on any atom is -0.376 e. The predicted molar refractivity (Wildman–Crippen MR) is 122 cm³/mol. The van der Waals surface area contributed by atoms with Crippen molar-refractivity contribution < 1.29 is 19.1 Å². The van der Waals surface area contributed by atoms with Crippen molar-refractivity contribution >= 4 is 17.7 Å². The summed E-state index contributed by atoms with van der Waals surface area (Å²) in [7, 11) is 0. The lowest BCUT2D eigenvalue weighted by atomic mass is 10.1. The lowest BCUT2D eigenvalue weighted by molar-refractivity contribution is -0.139. The van der Waals surface area contributed by atoms with E-state index in [2.05, 4.69) is 10.3 Å². The molecule has 0 spiro atoms. The van der Waals surface area contributed by atoms with Crippen LogP contribution in [0.3, 0.4) is 0 Å². The normalized spacial score (nSPS) is 25.5. The molecule has 33 heavy (non-hydrogen) atoms. The van der Waals surface area contributed by atoms with Gasteiger partial charge in [-0.15, -0.1) is 0 Å². The van der Waals surface area contributed by atoms with Crippen molar-refractivity contribution in [3.8, 4) is 0 Å². The van der Waals surface area contributed by atoms with Gasteiger partial charge < -0.3 is 24.8 Å². The van der Waals surface area contributed by atoms with Crippen molar-refractivity contribution in [3.05, 3.63) is 30.1 Å². The second kappa shape index (κ2) is 10.6. The zero-order valence-corrected chi connectivity index (χ0v) is 19.6. The molecule has 180 valence electrons. The summed E-state index contributed by atoms with van der Waals surface area (Å²) < 4.78 is 5.82. The Kier molecular flexibility index (Phi) is 7.60. The number of piperazine rings is 1. The molecule has 3 amide bonds. The quantitative estimate of drug-likeness (QED) is 0.678. The first-order chi connectivity index (χ1) is 16.0. The number of likely N-dealkylation sites (tertiary alicyclic amines) is 1. The fraction of sp³-hybridized carbons (Fsp3) is 0.667. The maximum atomic E-state index is 13.5. The molecule has 0 aliphatic carbocycles. The second-order valence-corrected chi connectivity index (χ2v) is 9.46. The Morgan fingerprint density at radius 1 is 1.27 bits per heavy atom. The molecular weight excluding hydrogens is 422 g/mol. The summed E-state index contributed by atoms with van der Waals surface area (Å²) in [5.74, 6) is -0.380. The highest BCUT2D eigenvalue weighted by Gasteiger charge is 2.45. The Hall–Kier alpha value is -2.52. The highest BCUT2D eigenvalue weighted by atomic mass is 16.5. The molecule has 1 aromatic rings.